The van der Waals surface area contributed by atoms with Crippen molar-refractivity contribution in [2.75, 3.05) is 6.54 Å². The molecule has 0 amide bonds. The third kappa shape index (κ3) is 3.41. The number of carbonyl (C=O) groups excluding carboxylic acids is 1. The zero-order valence-corrected chi connectivity index (χ0v) is 8.93. The van der Waals surface area contributed by atoms with E-state index in [0.717, 1.165) is 18.8 Å². The van der Waals surface area contributed by atoms with Crippen LogP contribution in [0.4, 0.5) is 0 Å². The van der Waals surface area contributed by atoms with Gasteiger partial charge in [-0.1, -0.05) is 25.7 Å². The van der Waals surface area contributed by atoms with Gasteiger partial charge in [0.2, 0.25) is 0 Å². The molecule has 2 nitrogen and oxygen atoms in total. The minimum absolute atomic E-state index is 0.420. The molecular formula is C12H21NO. The molecule has 0 radical (unpaired) electrons. The molecule has 0 aliphatic heterocycles. The first-order valence-corrected chi connectivity index (χ1v) is 6.09. The highest BCUT2D eigenvalue weighted by molar-refractivity contribution is 5.80. The first-order chi connectivity index (χ1) is 6.84. The van der Waals surface area contributed by atoms with E-state index < -0.39 is 0 Å². The molecule has 0 aromatic heterocycles. The van der Waals surface area contributed by atoms with E-state index in [2.05, 4.69) is 5.32 Å². The summed E-state index contributed by atoms with van der Waals surface area (Å²) < 4.78 is 0. The van der Waals surface area contributed by atoms with Gasteiger partial charge in [0.25, 0.3) is 0 Å². The summed E-state index contributed by atoms with van der Waals surface area (Å²) in [6, 6.07) is 0.639. The van der Waals surface area contributed by atoms with E-state index >= 15 is 0 Å². The highest BCUT2D eigenvalue weighted by Crippen LogP contribution is 2.33. The van der Waals surface area contributed by atoms with Crippen molar-refractivity contribution < 1.29 is 4.79 Å². The van der Waals surface area contributed by atoms with Crippen LogP contribution in [0.3, 0.4) is 0 Å². The summed E-state index contributed by atoms with van der Waals surface area (Å²) in [4.78, 5) is 11.5. The maximum atomic E-state index is 11.5. The van der Waals surface area contributed by atoms with Crippen LogP contribution in [0.1, 0.15) is 51.4 Å². The van der Waals surface area contributed by atoms with Crippen LogP contribution < -0.4 is 5.32 Å². The monoisotopic (exact) mass is 195 g/mol. The van der Waals surface area contributed by atoms with Gasteiger partial charge < -0.3 is 5.32 Å². The fourth-order valence-corrected chi connectivity index (χ4v) is 2.25. The number of hydrogen-bond donors (Lipinski definition) is 1. The van der Waals surface area contributed by atoms with Gasteiger partial charge in [0.05, 0.1) is 6.54 Å². The number of Topliss-reactive ketones (excluding diaryl/α,β-unsaturated/α-hetero) is 1. The molecule has 2 heteroatoms. The molecule has 2 rings (SSSR count). The zero-order valence-electron chi connectivity index (χ0n) is 8.93. The Labute approximate surface area is 86.5 Å². The van der Waals surface area contributed by atoms with Gasteiger partial charge in [-0.2, -0.15) is 0 Å². The SMILES string of the molecule is O=C(CCC1CC1)CNC1CCCC1. The quantitative estimate of drug-likeness (QED) is 0.704. The number of carbonyl (C=O) groups is 1. The van der Waals surface area contributed by atoms with Crippen molar-refractivity contribution in [3.8, 4) is 0 Å². The standard InChI is InChI=1S/C12H21NO/c14-12(8-7-10-5-6-10)9-13-11-3-1-2-4-11/h10-11,13H,1-9H2. The van der Waals surface area contributed by atoms with Gasteiger partial charge in [-0.05, 0) is 25.2 Å². The summed E-state index contributed by atoms with van der Waals surface area (Å²) in [6.07, 6.45) is 9.91. The summed E-state index contributed by atoms with van der Waals surface area (Å²) in [5.74, 6) is 1.31. The third-order valence-corrected chi connectivity index (χ3v) is 3.47. The minimum atomic E-state index is 0.420. The lowest BCUT2D eigenvalue weighted by atomic mass is 10.1. The zero-order chi connectivity index (χ0) is 9.80. The smallest absolute Gasteiger partial charge is 0.146 e. The Kier molecular flexibility index (Phi) is 3.57. The molecule has 2 saturated carbocycles. The van der Waals surface area contributed by atoms with Crippen LogP contribution >= 0.6 is 0 Å². The summed E-state index contributed by atoms with van der Waals surface area (Å²) in [5, 5.41) is 3.38. The second kappa shape index (κ2) is 4.92. The van der Waals surface area contributed by atoms with E-state index in [-0.39, 0.29) is 0 Å². The van der Waals surface area contributed by atoms with E-state index in [9.17, 15) is 4.79 Å². The Morgan fingerprint density at radius 3 is 2.50 bits per heavy atom. The summed E-state index contributed by atoms with van der Waals surface area (Å²) in [7, 11) is 0. The molecular weight excluding hydrogens is 174 g/mol. The molecule has 2 fully saturated rings. The van der Waals surface area contributed by atoms with Crippen LogP contribution in [0, 0.1) is 5.92 Å². The molecule has 0 saturated heterocycles. The van der Waals surface area contributed by atoms with Crippen LogP contribution in [0.2, 0.25) is 0 Å². The fourth-order valence-electron chi connectivity index (χ4n) is 2.25. The van der Waals surface area contributed by atoms with Gasteiger partial charge >= 0.3 is 0 Å². The molecule has 0 spiro atoms. The molecule has 2 aliphatic rings. The van der Waals surface area contributed by atoms with Crippen LogP contribution in [-0.2, 0) is 4.79 Å². The Hall–Kier alpha value is -0.370. The second-order valence-corrected chi connectivity index (χ2v) is 4.88. The molecule has 0 bridgehead atoms. The maximum Gasteiger partial charge on any atom is 0.146 e. The summed E-state index contributed by atoms with van der Waals surface area (Å²) in [5.41, 5.74) is 0. The lowest BCUT2D eigenvalue weighted by Crippen LogP contribution is -2.31. The van der Waals surface area contributed by atoms with Crippen molar-refractivity contribution in [1.29, 1.82) is 0 Å². The molecule has 0 aromatic carbocycles. The third-order valence-electron chi connectivity index (χ3n) is 3.47. The molecule has 0 aromatic rings. The maximum absolute atomic E-state index is 11.5. The molecule has 0 atom stereocenters. The van der Waals surface area contributed by atoms with Gasteiger partial charge in [0.15, 0.2) is 0 Å². The van der Waals surface area contributed by atoms with Crippen molar-refractivity contribution in [2.45, 2.75) is 57.4 Å². The van der Waals surface area contributed by atoms with Crippen molar-refractivity contribution >= 4 is 5.78 Å². The van der Waals surface area contributed by atoms with E-state index in [4.69, 9.17) is 0 Å². The lowest BCUT2D eigenvalue weighted by Gasteiger charge is -2.10. The average Bonchev–Trinajstić information content (AvgIpc) is 2.87. The Balaban J connectivity index is 1.52. The van der Waals surface area contributed by atoms with Crippen LogP contribution in [0.25, 0.3) is 0 Å². The predicted octanol–water partition coefficient (Wildman–Crippen LogP) is 2.28. The molecule has 0 unspecified atom stereocenters. The minimum Gasteiger partial charge on any atom is -0.307 e. The molecule has 1 N–H and O–H groups in total. The van der Waals surface area contributed by atoms with Crippen molar-refractivity contribution in [3.63, 3.8) is 0 Å². The largest absolute Gasteiger partial charge is 0.307 e. The van der Waals surface area contributed by atoms with E-state index in [1.54, 1.807) is 0 Å². The van der Waals surface area contributed by atoms with E-state index in [1.807, 2.05) is 0 Å². The number of rotatable bonds is 6. The lowest BCUT2D eigenvalue weighted by molar-refractivity contribution is -0.118. The second-order valence-electron chi connectivity index (χ2n) is 4.88. The van der Waals surface area contributed by atoms with Crippen molar-refractivity contribution in [1.82, 2.24) is 5.32 Å². The number of nitrogens with one attached hydrogen (secondary N) is 1. The van der Waals surface area contributed by atoms with Crippen molar-refractivity contribution in [3.05, 3.63) is 0 Å². The highest BCUT2D eigenvalue weighted by atomic mass is 16.1. The predicted molar refractivity (Wildman–Crippen MR) is 57.2 cm³/mol. The van der Waals surface area contributed by atoms with Gasteiger partial charge in [-0.3, -0.25) is 4.79 Å². The van der Waals surface area contributed by atoms with Gasteiger partial charge in [0, 0.05) is 12.5 Å². The molecule has 2 aliphatic carbocycles. The van der Waals surface area contributed by atoms with E-state index in [1.165, 1.54) is 38.5 Å². The first kappa shape index (κ1) is 10.2. The van der Waals surface area contributed by atoms with Crippen molar-refractivity contribution in [2.24, 2.45) is 5.92 Å². The van der Waals surface area contributed by atoms with Gasteiger partial charge in [0.1, 0.15) is 5.78 Å². The van der Waals surface area contributed by atoms with Crippen LogP contribution in [-0.4, -0.2) is 18.4 Å². The Morgan fingerprint density at radius 1 is 1.14 bits per heavy atom. The fraction of sp³-hybridized carbons (Fsp3) is 0.917. The average molecular weight is 195 g/mol. The molecule has 80 valence electrons. The van der Waals surface area contributed by atoms with Gasteiger partial charge in [-0.15, -0.1) is 0 Å². The highest BCUT2D eigenvalue weighted by Gasteiger charge is 2.22. The summed E-state index contributed by atoms with van der Waals surface area (Å²) in [6.45, 7) is 0.622. The normalized spacial score (nSPS) is 22.9. The Bertz CT molecular complexity index is 192. The van der Waals surface area contributed by atoms with Crippen LogP contribution in [0.5, 0.6) is 0 Å². The number of ketones is 1. The molecule has 14 heavy (non-hydrogen) atoms. The van der Waals surface area contributed by atoms with E-state index in [0.29, 0.717) is 18.4 Å². The first-order valence-electron chi connectivity index (χ1n) is 6.09. The molecule has 0 heterocycles. The topological polar surface area (TPSA) is 29.1 Å². The van der Waals surface area contributed by atoms with Crippen LogP contribution in [0.15, 0.2) is 0 Å². The number of hydrogen-bond acceptors (Lipinski definition) is 2. The summed E-state index contributed by atoms with van der Waals surface area (Å²) >= 11 is 0. The Morgan fingerprint density at radius 2 is 1.86 bits per heavy atom. The van der Waals surface area contributed by atoms with Gasteiger partial charge in [-0.25, -0.2) is 0 Å².